The summed E-state index contributed by atoms with van der Waals surface area (Å²) in [5, 5.41) is 5.77. The predicted molar refractivity (Wildman–Crippen MR) is 150 cm³/mol. The summed E-state index contributed by atoms with van der Waals surface area (Å²) in [6, 6.07) is 9.87. The molecule has 0 spiro atoms. The number of rotatable bonds is 7. The van der Waals surface area contributed by atoms with Gasteiger partial charge in [-0.3, -0.25) is 15.1 Å². The lowest BCUT2D eigenvalue weighted by Crippen LogP contribution is -2.44. The molecule has 0 saturated carbocycles. The molecule has 3 amide bonds. The van der Waals surface area contributed by atoms with Crippen molar-refractivity contribution in [2.24, 2.45) is 0 Å². The minimum atomic E-state index is -0.451. The van der Waals surface area contributed by atoms with Crippen molar-refractivity contribution < 1.29 is 19.1 Å². The molecular weight excluding hydrogens is 534 g/mol. The highest BCUT2D eigenvalue weighted by molar-refractivity contribution is 7.19. The zero-order valence-corrected chi connectivity index (χ0v) is 22.9. The summed E-state index contributed by atoms with van der Waals surface area (Å²) in [6.45, 7) is 3.72. The molecule has 1 unspecified atom stereocenters. The number of hydrogen-bond acceptors (Lipinski definition) is 11. The number of morpholine rings is 1. The van der Waals surface area contributed by atoms with E-state index in [2.05, 4.69) is 35.6 Å². The summed E-state index contributed by atoms with van der Waals surface area (Å²) in [6.07, 6.45) is 4.74. The second-order valence-electron chi connectivity index (χ2n) is 9.04. The molecule has 14 heteroatoms. The van der Waals surface area contributed by atoms with Gasteiger partial charge in [-0.15, -0.1) is 0 Å². The van der Waals surface area contributed by atoms with Crippen molar-refractivity contribution >= 4 is 40.0 Å². The maximum atomic E-state index is 12.4. The molecule has 1 aliphatic heterocycles. The Morgan fingerprint density at radius 1 is 1.10 bits per heavy atom. The molecule has 206 valence electrons. The van der Waals surface area contributed by atoms with E-state index in [0.29, 0.717) is 58.5 Å². The van der Waals surface area contributed by atoms with Gasteiger partial charge in [-0.25, -0.2) is 9.78 Å². The fourth-order valence-corrected chi connectivity index (χ4v) is 4.56. The Morgan fingerprint density at radius 3 is 2.65 bits per heavy atom. The summed E-state index contributed by atoms with van der Waals surface area (Å²) in [4.78, 5) is 50.8. The van der Waals surface area contributed by atoms with Crippen molar-refractivity contribution in [1.82, 2.24) is 29.8 Å². The lowest BCUT2D eigenvalue weighted by atomic mass is 10.2. The standard InChI is InChI=1S/C26H27N9O4S/c1-16-15-38-12-11-35(16)23-30-21(20-14-28-26(40-20)33-24(37)29-18-5-4-10-27-13-18)31-25(32-23)39-19-8-6-17(7-9-19)22(36)34(2)3/h4-10,13-14,16H,11-12,15H2,1-3H3,(H2,28,29,33,37). The van der Waals surface area contributed by atoms with Crippen molar-refractivity contribution in [3.8, 4) is 22.5 Å². The molecule has 2 N–H and O–H groups in total. The van der Waals surface area contributed by atoms with E-state index >= 15 is 0 Å². The molecule has 1 aromatic carbocycles. The lowest BCUT2D eigenvalue weighted by molar-refractivity contribution is 0.0827. The van der Waals surface area contributed by atoms with Gasteiger partial charge >= 0.3 is 12.0 Å². The molecule has 5 rings (SSSR count). The van der Waals surface area contributed by atoms with Gasteiger partial charge in [-0.1, -0.05) is 11.3 Å². The number of carbonyl (C=O) groups excluding carboxylic acids is 2. The molecule has 0 bridgehead atoms. The van der Waals surface area contributed by atoms with E-state index in [4.69, 9.17) is 9.47 Å². The Kier molecular flexibility index (Phi) is 8.07. The van der Waals surface area contributed by atoms with Crippen LogP contribution in [0.3, 0.4) is 0 Å². The third-order valence-corrected chi connectivity index (χ3v) is 6.72. The normalized spacial score (nSPS) is 14.9. The van der Waals surface area contributed by atoms with Crippen LogP contribution in [0.2, 0.25) is 0 Å². The predicted octanol–water partition coefficient (Wildman–Crippen LogP) is 3.75. The van der Waals surface area contributed by atoms with Gasteiger partial charge in [0.2, 0.25) is 5.95 Å². The molecule has 3 aromatic heterocycles. The van der Waals surface area contributed by atoms with Crippen LogP contribution in [0.5, 0.6) is 11.8 Å². The van der Waals surface area contributed by atoms with Gasteiger partial charge in [0.25, 0.3) is 5.91 Å². The first kappa shape index (κ1) is 26.9. The zero-order chi connectivity index (χ0) is 28.1. The van der Waals surface area contributed by atoms with Crippen LogP contribution in [0.1, 0.15) is 17.3 Å². The average molecular weight is 562 g/mol. The van der Waals surface area contributed by atoms with Crippen LogP contribution >= 0.6 is 11.3 Å². The van der Waals surface area contributed by atoms with E-state index in [-0.39, 0.29) is 18.0 Å². The van der Waals surface area contributed by atoms with Gasteiger partial charge in [0.15, 0.2) is 11.0 Å². The average Bonchev–Trinajstić information content (AvgIpc) is 3.42. The number of anilines is 3. The number of pyridine rings is 1. The molecule has 0 radical (unpaired) electrons. The van der Waals surface area contributed by atoms with Crippen LogP contribution in [0.25, 0.3) is 10.7 Å². The van der Waals surface area contributed by atoms with E-state index in [1.165, 1.54) is 16.2 Å². The van der Waals surface area contributed by atoms with Crippen molar-refractivity contribution in [2.45, 2.75) is 13.0 Å². The molecular formula is C26H27N9O4S. The summed E-state index contributed by atoms with van der Waals surface area (Å²) in [7, 11) is 3.39. The molecule has 13 nitrogen and oxygen atoms in total. The van der Waals surface area contributed by atoms with E-state index in [1.54, 1.807) is 69.1 Å². The number of aromatic nitrogens is 5. The fraction of sp³-hybridized carbons (Fsp3) is 0.269. The Balaban J connectivity index is 1.39. The summed E-state index contributed by atoms with van der Waals surface area (Å²) >= 11 is 1.21. The maximum absolute atomic E-state index is 12.4. The smallest absolute Gasteiger partial charge is 0.327 e. The molecule has 4 aromatic rings. The molecule has 4 heterocycles. The highest BCUT2D eigenvalue weighted by Crippen LogP contribution is 2.30. The van der Waals surface area contributed by atoms with Gasteiger partial charge < -0.3 is 24.6 Å². The molecule has 40 heavy (non-hydrogen) atoms. The molecule has 1 atom stereocenters. The molecule has 1 saturated heterocycles. The van der Waals surface area contributed by atoms with E-state index in [0.717, 1.165) is 0 Å². The minimum Gasteiger partial charge on any atom is -0.424 e. The first-order valence-corrected chi connectivity index (χ1v) is 13.2. The first-order valence-electron chi connectivity index (χ1n) is 12.4. The van der Waals surface area contributed by atoms with Gasteiger partial charge in [-0.05, 0) is 43.3 Å². The number of nitrogens with zero attached hydrogens (tertiary/aromatic N) is 7. The topological polar surface area (TPSA) is 148 Å². The van der Waals surface area contributed by atoms with Crippen LogP contribution in [0.15, 0.2) is 55.0 Å². The van der Waals surface area contributed by atoms with Gasteiger partial charge in [0, 0.05) is 32.4 Å². The lowest BCUT2D eigenvalue weighted by Gasteiger charge is -2.33. The highest BCUT2D eigenvalue weighted by Gasteiger charge is 2.24. The Bertz CT molecular complexity index is 1480. The van der Waals surface area contributed by atoms with E-state index in [9.17, 15) is 9.59 Å². The minimum absolute atomic E-state index is 0.0445. The molecule has 0 aliphatic carbocycles. The summed E-state index contributed by atoms with van der Waals surface area (Å²) in [5.41, 5.74) is 1.09. The van der Waals surface area contributed by atoms with Gasteiger partial charge in [0.05, 0.1) is 42.2 Å². The number of benzene rings is 1. The Morgan fingerprint density at radius 2 is 1.93 bits per heavy atom. The number of amides is 3. The third-order valence-electron chi connectivity index (χ3n) is 5.81. The number of hydrogen-bond donors (Lipinski definition) is 2. The fourth-order valence-electron chi connectivity index (χ4n) is 3.82. The molecule has 1 aliphatic rings. The number of urea groups is 1. The SMILES string of the molecule is CC1COCCN1c1nc(Oc2ccc(C(=O)N(C)C)cc2)nc(-c2cnc(NC(=O)Nc3cccnc3)s2)n1. The highest BCUT2D eigenvalue weighted by atomic mass is 32.1. The number of ether oxygens (including phenoxy) is 2. The Labute approximate surface area is 234 Å². The molecule has 1 fully saturated rings. The van der Waals surface area contributed by atoms with E-state index in [1.807, 2.05) is 11.8 Å². The quantitative estimate of drug-likeness (QED) is 0.342. The van der Waals surface area contributed by atoms with Crippen LogP contribution in [-0.2, 0) is 4.74 Å². The van der Waals surface area contributed by atoms with Crippen LogP contribution in [0, 0.1) is 0 Å². The second-order valence-corrected chi connectivity index (χ2v) is 10.1. The maximum Gasteiger partial charge on any atom is 0.327 e. The van der Waals surface area contributed by atoms with Gasteiger partial charge in [0.1, 0.15) is 5.75 Å². The second kappa shape index (κ2) is 12.0. The largest absolute Gasteiger partial charge is 0.424 e. The monoisotopic (exact) mass is 561 g/mol. The Hall–Kier alpha value is -4.69. The number of carbonyl (C=O) groups is 2. The van der Waals surface area contributed by atoms with E-state index < -0.39 is 6.03 Å². The summed E-state index contributed by atoms with van der Waals surface area (Å²) < 4.78 is 11.6. The van der Waals surface area contributed by atoms with Crippen LogP contribution < -0.4 is 20.3 Å². The zero-order valence-electron chi connectivity index (χ0n) is 22.1. The first-order chi connectivity index (χ1) is 19.4. The van der Waals surface area contributed by atoms with Crippen molar-refractivity contribution in [2.75, 3.05) is 49.4 Å². The number of thiazole rings is 1. The number of nitrogens with one attached hydrogen (secondary N) is 2. The third kappa shape index (κ3) is 6.47. The summed E-state index contributed by atoms with van der Waals surface area (Å²) in [5.74, 6) is 1.14. The van der Waals surface area contributed by atoms with Crippen LogP contribution in [-0.4, -0.2) is 81.7 Å². The van der Waals surface area contributed by atoms with Crippen molar-refractivity contribution in [3.63, 3.8) is 0 Å². The van der Waals surface area contributed by atoms with Crippen molar-refractivity contribution in [3.05, 3.63) is 60.6 Å². The van der Waals surface area contributed by atoms with Gasteiger partial charge in [-0.2, -0.15) is 15.0 Å². The van der Waals surface area contributed by atoms with Crippen molar-refractivity contribution in [1.29, 1.82) is 0 Å². The van der Waals surface area contributed by atoms with Crippen LogP contribution in [0.4, 0.5) is 21.6 Å².